The Morgan fingerprint density at radius 3 is 1.85 bits per heavy atom. The molecule has 2 rings (SSSR count). The minimum atomic E-state index is -1.63. The van der Waals surface area contributed by atoms with E-state index in [4.69, 9.17) is 0 Å². The van der Waals surface area contributed by atoms with Crippen LogP contribution in [0.15, 0.2) is 60.7 Å². The Labute approximate surface area is 123 Å². The zero-order chi connectivity index (χ0) is 14.6. The van der Waals surface area contributed by atoms with Crippen LogP contribution in [-0.2, 0) is 0 Å². The van der Waals surface area contributed by atoms with E-state index in [9.17, 15) is 0 Å². The smallest absolute Gasteiger partial charge is 0.0944 e. The lowest BCUT2D eigenvalue weighted by Gasteiger charge is -2.36. The molecule has 0 N–H and O–H groups in total. The fourth-order valence-electron chi connectivity index (χ4n) is 2.12. The van der Waals surface area contributed by atoms with Crippen LogP contribution in [0.2, 0.25) is 18.1 Å². The lowest BCUT2D eigenvalue weighted by atomic mass is 10.1. The van der Waals surface area contributed by atoms with Crippen molar-refractivity contribution in [1.29, 1.82) is 0 Å². The summed E-state index contributed by atoms with van der Waals surface area (Å²) < 4.78 is 0. The van der Waals surface area contributed by atoms with Crippen LogP contribution in [0.1, 0.15) is 19.4 Å². The zero-order valence-electron chi connectivity index (χ0n) is 12.8. The SMILES string of the molecule is CC(C)(C#Cc1ccccc1)[Si](C)(C)c1ccccc1. The van der Waals surface area contributed by atoms with Crippen molar-refractivity contribution in [1.82, 2.24) is 0 Å². The van der Waals surface area contributed by atoms with E-state index in [2.05, 4.69) is 81.2 Å². The third-order valence-corrected chi connectivity index (χ3v) is 9.38. The Bertz CT molecular complexity index is 613. The Hall–Kier alpha value is -1.78. The maximum Gasteiger partial charge on any atom is 0.0993 e. The molecule has 0 saturated carbocycles. The van der Waals surface area contributed by atoms with Crippen LogP contribution in [0.25, 0.3) is 0 Å². The van der Waals surface area contributed by atoms with Crippen LogP contribution < -0.4 is 5.19 Å². The van der Waals surface area contributed by atoms with Gasteiger partial charge in [0.05, 0.1) is 8.07 Å². The van der Waals surface area contributed by atoms with E-state index in [0.29, 0.717) is 0 Å². The molecule has 2 aromatic rings. The fraction of sp³-hybridized carbons (Fsp3) is 0.263. The summed E-state index contributed by atoms with van der Waals surface area (Å²) in [6.07, 6.45) is 0. The van der Waals surface area contributed by atoms with Gasteiger partial charge in [0, 0.05) is 10.6 Å². The summed E-state index contributed by atoms with van der Waals surface area (Å²) in [4.78, 5) is 0. The van der Waals surface area contributed by atoms with Gasteiger partial charge in [0.1, 0.15) is 0 Å². The molecule has 0 unspecified atom stereocenters. The lowest BCUT2D eigenvalue weighted by molar-refractivity contribution is 0.850. The molecule has 1 heteroatoms. The Kier molecular flexibility index (Phi) is 4.16. The molecule has 0 aromatic heterocycles. The molecule has 102 valence electrons. The zero-order valence-corrected chi connectivity index (χ0v) is 13.8. The van der Waals surface area contributed by atoms with Crippen molar-refractivity contribution in [3.8, 4) is 11.8 Å². The summed E-state index contributed by atoms with van der Waals surface area (Å²) in [5.41, 5.74) is 1.10. The first-order valence-electron chi connectivity index (χ1n) is 7.07. The highest BCUT2D eigenvalue weighted by molar-refractivity contribution is 6.92. The van der Waals surface area contributed by atoms with Gasteiger partial charge >= 0.3 is 0 Å². The third-order valence-electron chi connectivity index (χ3n) is 4.35. The second kappa shape index (κ2) is 5.69. The quantitative estimate of drug-likeness (QED) is 0.563. The standard InChI is InChI=1S/C19H22Si/c1-19(2,16-15-17-11-7-5-8-12-17)20(3,4)18-13-9-6-10-14-18/h5-14H,1-4H3. The maximum atomic E-state index is 3.53. The average Bonchev–Trinajstić information content (AvgIpc) is 2.47. The van der Waals surface area contributed by atoms with Gasteiger partial charge in [0.2, 0.25) is 0 Å². The molecule has 0 saturated heterocycles. The van der Waals surface area contributed by atoms with Gasteiger partial charge in [0.15, 0.2) is 0 Å². The van der Waals surface area contributed by atoms with Crippen molar-refractivity contribution in [2.24, 2.45) is 0 Å². The second-order valence-electron chi connectivity index (χ2n) is 6.23. The highest BCUT2D eigenvalue weighted by atomic mass is 28.3. The molecule has 20 heavy (non-hydrogen) atoms. The molecule has 0 aliphatic heterocycles. The normalized spacial score (nSPS) is 11.6. The van der Waals surface area contributed by atoms with E-state index < -0.39 is 8.07 Å². The summed E-state index contributed by atoms with van der Waals surface area (Å²) in [5.74, 6) is 6.87. The molecule has 0 heterocycles. The summed E-state index contributed by atoms with van der Waals surface area (Å²) in [5, 5.41) is 1.50. The average molecular weight is 278 g/mol. The van der Waals surface area contributed by atoms with Crippen molar-refractivity contribution >= 4 is 13.3 Å². The van der Waals surface area contributed by atoms with Crippen LogP contribution >= 0.6 is 0 Å². The van der Waals surface area contributed by atoms with Gasteiger partial charge < -0.3 is 0 Å². The molecule has 0 bridgehead atoms. The van der Waals surface area contributed by atoms with Crippen molar-refractivity contribution in [3.05, 3.63) is 66.2 Å². The van der Waals surface area contributed by atoms with Crippen LogP contribution in [0.4, 0.5) is 0 Å². The van der Waals surface area contributed by atoms with Crippen molar-refractivity contribution in [3.63, 3.8) is 0 Å². The third kappa shape index (κ3) is 3.03. The van der Waals surface area contributed by atoms with Crippen molar-refractivity contribution in [2.75, 3.05) is 0 Å². The summed E-state index contributed by atoms with van der Waals surface area (Å²) >= 11 is 0. The largest absolute Gasteiger partial charge is 0.0993 e. The summed E-state index contributed by atoms with van der Waals surface area (Å²) in [6, 6.07) is 21.1. The summed E-state index contributed by atoms with van der Waals surface area (Å²) in [6.45, 7) is 9.37. The first-order valence-corrected chi connectivity index (χ1v) is 10.1. The minimum absolute atomic E-state index is 0.0319. The molecule has 0 spiro atoms. The number of rotatable bonds is 2. The highest BCUT2D eigenvalue weighted by Gasteiger charge is 2.39. The Balaban J connectivity index is 2.33. The van der Waals surface area contributed by atoms with E-state index in [1.54, 1.807) is 0 Å². The first-order chi connectivity index (χ1) is 9.43. The highest BCUT2D eigenvalue weighted by Crippen LogP contribution is 2.35. The van der Waals surface area contributed by atoms with Gasteiger partial charge in [-0.3, -0.25) is 0 Å². The molecular formula is C19H22Si. The van der Waals surface area contributed by atoms with Gasteiger partial charge in [-0.25, -0.2) is 0 Å². The number of hydrogen-bond donors (Lipinski definition) is 0. The number of benzene rings is 2. The predicted molar refractivity (Wildman–Crippen MR) is 90.9 cm³/mol. The van der Waals surface area contributed by atoms with Crippen LogP contribution in [-0.4, -0.2) is 8.07 Å². The maximum absolute atomic E-state index is 3.53. The van der Waals surface area contributed by atoms with Gasteiger partial charge in [0.25, 0.3) is 0 Å². The van der Waals surface area contributed by atoms with Crippen LogP contribution in [0.5, 0.6) is 0 Å². The van der Waals surface area contributed by atoms with E-state index in [1.807, 2.05) is 18.2 Å². The van der Waals surface area contributed by atoms with Crippen molar-refractivity contribution < 1.29 is 0 Å². The first kappa shape index (κ1) is 14.6. The number of hydrogen-bond acceptors (Lipinski definition) is 0. The van der Waals surface area contributed by atoms with Crippen LogP contribution in [0, 0.1) is 11.8 Å². The predicted octanol–water partition coefficient (Wildman–Crippen LogP) is 4.43. The van der Waals surface area contributed by atoms with Gasteiger partial charge in [-0.15, -0.1) is 0 Å². The molecule has 0 fully saturated rings. The van der Waals surface area contributed by atoms with Crippen molar-refractivity contribution in [2.45, 2.75) is 32.0 Å². The molecule has 0 aliphatic carbocycles. The molecule has 2 aromatic carbocycles. The minimum Gasteiger partial charge on any atom is -0.0944 e. The monoisotopic (exact) mass is 278 g/mol. The molecule has 0 radical (unpaired) electrons. The molecular weight excluding hydrogens is 256 g/mol. The van der Waals surface area contributed by atoms with Crippen LogP contribution in [0.3, 0.4) is 0 Å². The topological polar surface area (TPSA) is 0 Å². The Morgan fingerprint density at radius 1 is 0.800 bits per heavy atom. The van der Waals surface area contributed by atoms with Gasteiger partial charge in [-0.05, 0) is 12.1 Å². The van der Waals surface area contributed by atoms with E-state index in [-0.39, 0.29) is 5.04 Å². The van der Waals surface area contributed by atoms with E-state index >= 15 is 0 Å². The van der Waals surface area contributed by atoms with E-state index in [1.165, 1.54) is 5.19 Å². The van der Waals surface area contributed by atoms with Gasteiger partial charge in [-0.1, -0.05) is 92.5 Å². The lowest BCUT2D eigenvalue weighted by Crippen LogP contribution is -2.50. The molecule has 0 amide bonds. The molecule has 0 aliphatic rings. The second-order valence-corrected chi connectivity index (χ2v) is 11.3. The molecule has 0 atom stereocenters. The summed E-state index contributed by atoms with van der Waals surface area (Å²) in [7, 11) is -1.63. The van der Waals surface area contributed by atoms with Gasteiger partial charge in [-0.2, -0.15) is 0 Å². The fourth-order valence-corrected chi connectivity index (χ4v) is 4.24. The molecule has 0 nitrogen and oxygen atoms in total. The Morgan fingerprint density at radius 2 is 1.30 bits per heavy atom. The van der Waals surface area contributed by atoms with E-state index in [0.717, 1.165) is 5.56 Å².